The number of likely N-dealkylation sites (N-methyl/N-ethyl adjacent to an activating group) is 1. The summed E-state index contributed by atoms with van der Waals surface area (Å²) in [5.74, 6) is -3.48. The van der Waals surface area contributed by atoms with Gasteiger partial charge in [0.2, 0.25) is 11.8 Å². The van der Waals surface area contributed by atoms with Crippen LogP contribution in [0.1, 0.15) is 27.2 Å². The molecule has 0 radical (unpaired) electrons. The molecule has 182 valence electrons. The predicted octanol–water partition coefficient (Wildman–Crippen LogP) is -0.621. The van der Waals surface area contributed by atoms with Gasteiger partial charge in [-0.05, 0) is 13.3 Å². The van der Waals surface area contributed by atoms with Crippen LogP contribution in [0.4, 0.5) is 0 Å². The maximum absolute atomic E-state index is 12.9. The molecule has 3 aliphatic heterocycles. The van der Waals surface area contributed by atoms with Crippen LogP contribution in [0.3, 0.4) is 0 Å². The van der Waals surface area contributed by atoms with Crippen LogP contribution >= 0.6 is 11.8 Å². The molecule has 11 nitrogen and oxygen atoms in total. The summed E-state index contributed by atoms with van der Waals surface area (Å²) in [6, 6.07) is -1.26. The molecule has 0 aromatic carbocycles. The molecule has 3 N–H and O–H groups in total. The van der Waals surface area contributed by atoms with Crippen LogP contribution in [0.25, 0.3) is 0 Å². The van der Waals surface area contributed by atoms with E-state index in [0.29, 0.717) is 17.9 Å². The monoisotopic (exact) mass is 482 g/mol. The Morgan fingerprint density at radius 3 is 2.58 bits per heavy atom. The molecule has 1 unspecified atom stereocenters. The molecule has 33 heavy (non-hydrogen) atoms. The number of fused-ring (bicyclic) bond motifs is 1. The molecule has 2 saturated heterocycles. The van der Waals surface area contributed by atoms with E-state index >= 15 is 0 Å². The van der Waals surface area contributed by atoms with Crippen molar-refractivity contribution < 1.29 is 33.8 Å². The number of rotatable bonds is 8. The number of hydrogen-bond acceptors (Lipinski definition) is 8. The highest BCUT2D eigenvalue weighted by Gasteiger charge is 2.60. The smallest absolute Gasteiger partial charge is 0.353 e. The van der Waals surface area contributed by atoms with E-state index in [9.17, 15) is 29.1 Å². The summed E-state index contributed by atoms with van der Waals surface area (Å²) >= 11 is 1.41. The largest absolute Gasteiger partial charge is 0.477 e. The number of aliphatic carboxylic acids is 1. The zero-order valence-corrected chi connectivity index (χ0v) is 20.1. The van der Waals surface area contributed by atoms with Gasteiger partial charge in [0.25, 0.3) is 5.91 Å². The Morgan fingerprint density at radius 1 is 1.33 bits per heavy atom. The van der Waals surface area contributed by atoms with Gasteiger partial charge in [0.1, 0.15) is 5.70 Å². The van der Waals surface area contributed by atoms with Crippen LogP contribution in [-0.2, 0) is 28.7 Å². The van der Waals surface area contributed by atoms with Crippen LogP contribution in [0.2, 0.25) is 0 Å². The van der Waals surface area contributed by atoms with E-state index in [-0.39, 0.29) is 40.8 Å². The Morgan fingerprint density at radius 2 is 2.00 bits per heavy atom. The minimum Gasteiger partial charge on any atom is -0.477 e. The van der Waals surface area contributed by atoms with E-state index in [4.69, 9.17) is 0 Å². The predicted molar refractivity (Wildman–Crippen MR) is 119 cm³/mol. The Bertz CT molecular complexity index is 905. The fourth-order valence-corrected chi connectivity index (χ4v) is 6.20. The Kier molecular flexibility index (Phi) is 7.37. The highest BCUT2D eigenvalue weighted by molar-refractivity contribution is 8.03. The van der Waals surface area contributed by atoms with Gasteiger partial charge >= 0.3 is 11.9 Å². The topological polar surface area (TPSA) is 145 Å². The SMILES string of the molecule is CC(=O)OCC(=O)NC(C)[C@H]1C(=O)N2C(C(=O)O)=C(S[C@@H]3CN[C@H](C(=O)N(C)C)C3)[C@H](C)[C@H]12. The number of carboxylic acid groups (broad SMARTS) is 1. The number of β-lactam (4-membered cyclic amide) rings is 1. The van der Waals surface area contributed by atoms with Crippen molar-refractivity contribution in [1.82, 2.24) is 20.4 Å². The van der Waals surface area contributed by atoms with Crippen LogP contribution in [0.5, 0.6) is 0 Å². The molecule has 3 rings (SSSR count). The molecule has 0 aromatic rings. The lowest BCUT2D eigenvalue weighted by Crippen LogP contribution is -2.66. The van der Waals surface area contributed by atoms with E-state index in [2.05, 4.69) is 15.4 Å². The normalized spacial score (nSPS) is 29.3. The van der Waals surface area contributed by atoms with Crippen molar-refractivity contribution in [3.05, 3.63) is 10.6 Å². The van der Waals surface area contributed by atoms with Gasteiger partial charge in [-0.1, -0.05) is 6.92 Å². The molecular weight excluding hydrogens is 452 g/mol. The molecule has 2 fully saturated rings. The van der Waals surface area contributed by atoms with Crippen molar-refractivity contribution in [2.45, 2.75) is 50.6 Å². The van der Waals surface area contributed by atoms with E-state index in [0.717, 1.165) is 0 Å². The number of hydrogen-bond donors (Lipinski definition) is 3. The summed E-state index contributed by atoms with van der Waals surface area (Å²) in [4.78, 5) is 63.6. The second-order valence-corrected chi connectivity index (χ2v) is 10.2. The van der Waals surface area contributed by atoms with E-state index < -0.39 is 36.4 Å². The fraction of sp³-hybridized carbons (Fsp3) is 0.667. The highest BCUT2D eigenvalue weighted by atomic mass is 32.2. The number of nitrogens with zero attached hydrogens (tertiary/aromatic N) is 2. The summed E-state index contributed by atoms with van der Waals surface area (Å²) < 4.78 is 4.68. The van der Waals surface area contributed by atoms with Gasteiger partial charge in [-0.15, -0.1) is 11.8 Å². The lowest BCUT2D eigenvalue weighted by atomic mass is 9.78. The van der Waals surface area contributed by atoms with Crippen molar-refractivity contribution in [2.75, 3.05) is 27.2 Å². The first kappa shape index (κ1) is 25.0. The molecule has 0 aromatic heterocycles. The second kappa shape index (κ2) is 9.72. The standard InChI is InChI=1S/C21H30N4O7S/c1-9-16-15(10(2)23-14(27)8-32-11(3)26)20(29)25(16)17(21(30)31)18(9)33-12-6-13(22-7-12)19(28)24(4)5/h9-10,12-13,15-16,22H,6-8H2,1-5H3,(H,23,27)(H,30,31)/t9-,10?,12+,13+,15-,16-/m1/s1. The maximum atomic E-state index is 12.9. The molecule has 0 spiro atoms. The van der Waals surface area contributed by atoms with Crippen molar-refractivity contribution in [3.8, 4) is 0 Å². The third-order valence-electron chi connectivity index (χ3n) is 6.25. The summed E-state index contributed by atoms with van der Waals surface area (Å²) in [5.41, 5.74) is -0.0143. The van der Waals surface area contributed by atoms with Crippen molar-refractivity contribution in [3.63, 3.8) is 0 Å². The Labute approximate surface area is 196 Å². The lowest BCUT2D eigenvalue weighted by molar-refractivity contribution is -0.159. The van der Waals surface area contributed by atoms with E-state index in [1.807, 2.05) is 6.92 Å². The summed E-state index contributed by atoms with van der Waals surface area (Å²) in [6.45, 7) is 4.88. The lowest BCUT2D eigenvalue weighted by Gasteiger charge is -2.47. The van der Waals surface area contributed by atoms with Crippen molar-refractivity contribution in [1.29, 1.82) is 0 Å². The number of carbonyl (C=O) groups is 5. The average molecular weight is 483 g/mol. The number of nitrogens with one attached hydrogen (secondary N) is 2. The average Bonchev–Trinajstić information content (AvgIpc) is 3.28. The van der Waals surface area contributed by atoms with Gasteiger partial charge in [-0.2, -0.15) is 0 Å². The van der Waals surface area contributed by atoms with Gasteiger partial charge in [0, 0.05) is 49.7 Å². The number of carbonyl (C=O) groups excluding carboxylic acids is 4. The minimum absolute atomic E-state index is 0.00110. The maximum Gasteiger partial charge on any atom is 0.353 e. The number of amides is 3. The third-order valence-corrected chi connectivity index (χ3v) is 7.76. The van der Waals surface area contributed by atoms with Crippen molar-refractivity contribution in [2.24, 2.45) is 11.8 Å². The van der Waals surface area contributed by atoms with Gasteiger partial charge in [-0.25, -0.2) is 4.79 Å². The van der Waals surface area contributed by atoms with Crippen LogP contribution < -0.4 is 10.6 Å². The van der Waals surface area contributed by atoms with E-state index in [1.165, 1.54) is 28.5 Å². The first-order valence-electron chi connectivity index (χ1n) is 10.8. The van der Waals surface area contributed by atoms with Crippen LogP contribution in [0, 0.1) is 11.8 Å². The molecule has 3 heterocycles. The Balaban J connectivity index is 1.70. The molecule has 12 heteroatoms. The molecule has 3 aliphatic rings. The molecule has 0 aliphatic carbocycles. The number of esters is 1. The first-order chi connectivity index (χ1) is 15.4. The van der Waals surface area contributed by atoms with Gasteiger partial charge in [0.05, 0.1) is 18.0 Å². The molecular formula is C21H30N4O7S. The fourth-order valence-electron chi connectivity index (χ4n) is 4.72. The molecule has 0 bridgehead atoms. The highest BCUT2D eigenvalue weighted by Crippen LogP contribution is 2.51. The van der Waals surface area contributed by atoms with E-state index in [1.54, 1.807) is 21.0 Å². The molecule has 6 atom stereocenters. The third kappa shape index (κ3) is 4.86. The summed E-state index contributed by atoms with van der Waals surface area (Å²) in [5, 5.41) is 15.7. The number of thioether (sulfide) groups is 1. The van der Waals surface area contributed by atoms with Crippen LogP contribution in [0.15, 0.2) is 10.6 Å². The molecule has 0 saturated carbocycles. The quantitative estimate of drug-likeness (QED) is 0.304. The first-order valence-corrected chi connectivity index (χ1v) is 11.7. The van der Waals surface area contributed by atoms with Crippen molar-refractivity contribution >= 4 is 41.4 Å². The van der Waals surface area contributed by atoms with Gasteiger partial charge < -0.3 is 30.3 Å². The van der Waals surface area contributed by atoms with Gasteiger partial charge in [-0.3, -0.25) is 19.2 Å². The Hall–Kier alpha value is -2.60. The van der Waals surface area contributed by atoms with Crippen LogP contribution in [-0.4, -0.2) is 95.2 Å². The number of carboxylic acids is 1. The zero-order chi connectivity index (χ0) is 24.6. The summed E-state index contributed by atoms with van der Waals surface area (Å²) in [6.07, 6.45) is 0.565. The zero-order valence-electron chi connectivity index (χ0n) is 19.3. The minimum atomic E-state index is -1.17. The van der Waals surface area contributed by atoms with Gasteiger partial charge in [0.15, 0.2) is 6.61 Å². The summed E-state index contributed by atoms with van der Waals surface area (Å²) in [7, 11) is 3.38. The second-order valence-electron chi connectivity index (χ2n) is 8.84. The number of ether oxygens (including phenoxy) is 1. The molecule has 3 amide bonds.